The summed E-state index contributed by atoms with van der Waals surface area (Å²) in [6, 6.07) is 18.1. The molecule has 36 heavy (non-hydrogen) atoms. The van der Waals surface area contributed by atoms with Gasteiger partial charge in [0, 0.05) is 16.6 Å². The van der Waals surface area contributed by atoms with E-state index in [2.05, 4.69) is 0 Å². The lowest BCUT2D eigenvalue weighted by Gasteiger charge is -2.27. The lowest BCUT2D eigenvalue weighted by Crippen LogP contribution is -2.46. The van der Waals surface area contributed by atoms with Crippen molar-refractivity contribution in [2.24, 2.45) is 0 Å². The van der Waals surface area contributed by atoms with Crippen LogP contribution in [-0.2, 0) is 26.0 Å². The van der Waals surface area contributed by atoms with Gasteiger partial charge in [-0.05, 0) is 79.6 Å². The van der Waals surface area contributed by atoms with Gasteiger partial charge in [-0.2, -0.15) is 4.31 Å². The fourth-order valence-electron chi connectivity index (χ4n) is 4.09. The van der Waals surface area contributed by atoms with E-state index in [1.54, 1.807) is 42.5 Å². The highest BCUT2D eigenvalue weighted by atomic mass is 35.5. The average Bonchev–Trinajstić information content (AvgIpc) is 3.13. The number of halogens is 2. The standard InChI is InChI=1S/C26H24Cl2N2O5S/c1-2-35-22-10-8-21(9-11-22)30-25(31)17-24(26(30)32)29(15-14-18-4-3-5-20(28)16-18)36(33,34)23-12-6-19(27)7-13-23/h3-13,16,24H,2,14-15,17H2,1H3. The maximum Gasteiger partial charge on any atom is 0.252 e. The van der Waals surface area contributed by atoms with Crippen molar-refractivity contribution in [2.45, 2.75) is 30.7 Å². The first-order valence-corrected chi connectivity index (χ1v) is 13.5. The quantitative estimate of drug-likeness (QED) is 0.354. The van der Waals surface area contributed by atoms with Crippen molar-refractivity contribution in [3.63, 3.8) is 0 Å². The summed E-state index contributed by atoms with van der Waals surface area (Å²) in [5.74, 6) is -0.480. The lowest BCUT2D eigenvalue weighted by molar-refractivity contribution is -0.122. The second kappa shape index (κ2) is 11.0. The predicted octanol–water partition coefficient (Wildman–Crippen LogP) is 4.96. The van der Waals surface area contributed by atoms with Crippen LogP contribution in [0.1, 0.15) is 18.9 Å². The van der Waals surface area contributed by atoms with Gasteiger partial charge in [0.05, 0.1) is 23.6 Å². The number of carbonyl (C=O) groups excluding carboxylic acids is 2. The molecule has 0 saturated carbocycles. The van der Waals surface area contributed by atoms with E-state index in [0.29, 0.717) is 34.5 Å². The van der Waals surface area contributed by atoms with E-state index in [1.807, 2.05) is 13.0 Å². The van der Waals surface area contributed by atoms with Gasteiger partial charge in [0.1, 0.15) is 11.8 Å². The second-order valence-electron chi connectivity index (χ2n) is 8.16. The van der Waals surface area contributed by atoms with E-state index >= 15 is 0 Å². The van der Waals surface area contributed by atoms with Crippen LogP contribution in [0.15, 0.2) is 77.7 Å². The van der Waals surface area contributed by atoms with Crippen LogP contribution in [0.25, 0.3) is 0 Å². The molecule has 1 aliphatic rings. The van der Waals surface area contributed by atoms with Gasteiger partial charge in [0.25, 0.3) is 5.91 Å². The number of anilines is 1. The van der Waals surface area contributed by atoms with Crippen molar-refractivity contribution < 1.29 is 22.7 Å². The van der Waals surface area contributed by atoms with E-state index in [9.17, 15) is 18.0 Å². The molecule has 1 fully saturated rings. The molecule has 3 aromatic carbocycles. The molecule has 3 aromatic rings. The fourth-order valence-corrected chi connectivity index (χ4v) is 6.01. The molecule has 2 amide bonds. The van der Waals surface area contributed by atoms with Crippen LogP contribution in [0, 0.1) is 0 Å². The Labute approximate surface area is 220 Å². The van der Waals surface area contributed by atoms with Gasteiger partial charge in [0.2, 0.25) is 15.9 Å². The molecular weight excluding hydrogens is 523 g/mol. The fraction of sp³-hybridized carbons (Fsp3) is 0.231. The molecule has 188 valence electrons. The minimum absolute atomic E-state index is 0.0160. The molecule has 0 radical (unpaired) electrons. The maximum atomic E-state index is 13.7. The van der Waals surface area contributed by atoms with Crippen LogP contribution in [0.4, 0.5) is 5.69 Å². The SMILES string of the molecule is CCOc1ccc(N2C(=O)CC(N(CCc3cccc(Cl)c3)S(=O)(=O)c3ccc(Cl)cc3)C2=O)cc1. The second-order valence-corrected chi connectivity index (χ2v) is 10.9. The Morgan fingerprint density at radius 1 is 0.972 bits per heavy atom. The van der Waals surface area contributed by atoms with Gasteiger partial charge in [-0.25, -0.2) is 13.3 Å². The molecular formula is C26H24Cl2N2O5S. The largest absolute Gasteiger partial charge is 0.494 e. The first-order chi connectivity index (χ1) is 17.2. The first kappa shape index (κ1) is 26.2. The molecule has 1 heterocycles. The molecule has 0 N–H and O–H groups in total. The highest BCUT2D eigenvalue weighted by Gasteiger charge is 2.46. The number of nitrogens with zero attached hydrogens (tertiary/aromatic N) is 2. The Kier molecular flexibility index (Phi) is 8.00. The van der Waals surface area contributed by atoms with Gasteiger partial charge >= 0.3 is 0 Å². The number of carbonyl (C=O) groups is 2. The topological polar surface area (TPSA) is 84.0 Å². The molecule has 0 spiro atoms. The summed E-state index contributed by atoms with van der Waals surface area (Å²) in [6.07, 6.45) is 0.0306. The Hall–Kier alpha value is -2.91. The highest BCUT2D eigenvalue weighted by molar-refractivity contribution is 7.89. The summed E-state index contributed by atoms with van der Waals surface area (Å²) < 4.78 is 33.9. The number of rotatable bonds is 9. The van der Waals surface area contributed by atoms with Crippen LogP contribution in [-0.4, -0.2) is 43.7 Å². The first-order valence-electron chi connectivity index (χ1n) is 11.3. The zero-order valence-corrected chi connectivity index (χ0v) is 21.8. The van der Waals surface area contributed by atoms with Crippen molar-refractivity contribution in [2.75, 3.05) is 18.1 Å². The summed E-state index contributed by atoms with van der Waals surface area (Å²) in [7, 11) is -4.14. The smallest absolute Gasteiger partial charge is 0.252 e. The van der Waals surface area contributed by atoms with Crippen LogP contribution in [0.3, 0.4) is 0 Å². The van der Waals surface area contributed by atoms with Gasteiger partial charge in [-0.3, -0.25) is 9.59 Å². The Bertz CT molecular complexity index is 1360. The van der Waals surface area contributed by atoms with E-state index in [4.69, 9.17) is 27.9 Å². The highest BCUT2D eigenvalue weighted by Crippen LogP contribution is 2.31. The normalized spacial score (nSPS) is 16.1. The number of amides is 2. The molecule has 0 bridgehead atoms. The number of hydrogen-bond acceptors (Lipinski definition) is 5. The number of ether oxygens (including phenoxy) is 1. The van der Waals surface area contributed by atoms with E-state index < -0.39 is 27.9 Å². The predicted molar refractivity (Wildman–Crippen MR) is 139 cm³/mol. The number of sulfonamides is 1. The number of imide groups is 1. The van der Waals surface area contributed by atoms with Gasteiger partial charge < -0.3 is 4.74 Å². The van der Waals surface area contributed by atoms with Gasteiger partial charge in [-0.1, -0.05) is 35.3 Å². The van der Waals surface area contributed by atoms with Crippen molar-refractivity contribution in [1.29, 1.82) is 0 Å². The summed E-state index contributed by atoms with van der Waals surface area (Å²) in [5, 5.41) is 0.904. The number of benzene rings is 3. The minimum atomic E-state index is -4.14. The lowest BCUT2D eigenvalue weighted by atomic mass is 10.1. The molecule has 1 saturated heterocycles. The summed E-state index contributed by atoms with van der Waals surface area (Å²) >= 11 is 12.0. The molecule has 7 nitrogen and oxygen atoms in total. The number of hydrogen-bond donors (Lipinski definition) is 0. The zero-order chi connectivity index (χ0) is 25.9. The third-order valence-electron chi connectivity index (χ3n) is 5.81. The van der Waals surface area contributed by atoms with Crippen LogP contribution in [0.2, 0.25) is 10.0 Å². The maximum absolute atomic E-state index is 13.7. The molecule has 4 rings (SSSR count). The van der Waals surface area contributed by atoms with Crippen LogP contribution in [0.5, 0.6) is 5.75 Å². The molecule has 1 unspecified atom stereocenters. The summed E-state index contributed by atoms with van der Waals surface area (Å²) in [4.78, 5) is 27.5. The molecule has 1 aliphatic heterocycles. The van der Waals surface area contributed by atoms with E-state index in [0.717, 1.165) is 14.8 Å². The zero-order valence-electron chi connectivity index (χ0n) is 19.4. The summed E-state index contributed by atoms with van der Waals surface area (Å²) in [5.41, 5.74) is 1.16. The van der Waals surface area contributed by atoms with Crippen molar-refractivity contribution in [3.8, 4) is 5.75 Å². The minimum Gasteiger partial charge on any atom is -0.494 e. The third kappa shape index (κ3) is 5.57. The van der Waals surface area contributed by atoms with E-state index in [-0.39, 0.29) is 17.9 Å². The van der Waals surface area contributed by atoms with E-state index in [1.165, 1.54) is 24.3 Å². The average molecular weight is 547 g/mol. The van der Waals surface area contributed by atoms with Crippen molar-refractivity contribution >= 4 is 50.7 Å². The monoisotopic (exact) mass is 546 g/mol. The molecule has 0 aromatic heterocycles. The molecule has 1 atom stereocenters. The summed E-state index contributed by atoms with van der Waals surface area (Å²) in [6.45, 7) is 2.31. The van der Waals surface area contributed by atoms with Crippen molar-refractivity contribution in [1.82, 2.24) is 4.31 Å². The third-order valence-corrected chi connectivity index (χ3v) is 8.22. The Balaban J connectivity index is 1.67. The van der Waals surface area contributed by atoms with Crippen molar-refractivity contribution in [3.05, 3.63) is 88.4 Å². The Morgan fingerprint density at radius 3 is 2.31 bits per heavy atom. The van der Waals surface area contributed by atoms with Gasteiger partial charge in [0.15, 0.2) is 0 Å². The van der Waals surface area contributed by atoms with Crippen LogP contribution >= 0.6 is 23.2 Å². The van der Waals surface area contributed by atoms with Crippen LogP contribution < -0.4 is 9.64 Å². The molecule has 10 heteroatoms. The van der Waals surface area contributed by atoms with Gasteiger partial charge in [-0.15, -0.1) is 0 Å². The Morgan fingerprint density at radius 2 is 1.67 bits per heavy atom. The molecule has 0 aliphatic carbocycles.